The first-order valence-electron chi connectivity index (χ1n) is 7.42. The van der Waals surface area contributed by atoms with Crippen molar-refractivity contribution < 1.29 is 18.7 Å². The summed E-state index contributed by atoms with van der Waals surface area (Å²) >= 11 is 0. The van der Waals surface area contributed by atoms with E-state index in [2.05, 4.69) is 5.32 Å². The van der Waals surface area contributed by atoms with Crippen LogP contribution in [0.4, 0.5) is 5.69 Å². The van der Waals surface area contributed by atoms with Crippen molar-refractivity contribution in [3.63, 3.8) is 0 Å². The lowest BCUT2D eigenvalue weighted by Gasteiger charge is -2.36. The molecule has 6 heteroatoms. The highest BCUT2D eigenvalue weighted by Gasteiger charge is 2.34. The Morgan fingerprint density at radius 1 is 1.39 bits per heavy atom. The Morgan fingerprint density at radius 3 is 2.83 bits per heavy atom. The fourth-order valence-electron chi connectivity index (χ4n) is 2.80. The first-order valence-corrected chi connectivity index (χ1v) is 7.42. The van der Waals surface area contributed by atoms with Crippen molar-refractivity contribution in [3.8, 4) is 0 Å². The highest BCUT2D eigenvalue weighted by atomic mass is 16.5. The maximum absolute atomic E-state index is 12.7. The lowest BCUT2D eigenvalue weighted by molar-refractivity contribution is 0.0597. The van der Waals surface area contributed by atoms with E-state index in [1.54, 1.807) is 24.0 Å². The Balaban J connectivity index is 2.02. The van der Waals surface area contributed by atoms with Gasteiger partial charge in [-0.3, -0.25) is 4.79 Å². The first-order chi connectivity index (χ1) is 11.1. The van der Waals surface area contributed by atoms with Crippen molar-refractivity contribution in [2.45, 2.75) is 20.0 Å². The average Bonchev–Trinajstić information content (AvgIpc) is 2.96. The molecular weight excluding hydrogens is 296 g/mol. The monoisotopic (exact) mass is 314 g/mol. The van der Waals surface area contributed by atoms with E-state index in [4.69, 9.17) is 9.15 Å². The standard InChI is InChI=1S/C17H18N2O4/c1-4-19-15(14-9-12(10(2)23-14)17(21)22-3)18-13-8-6-5-7-11(13)16(19)20/h5-9,15,18H,4H2,1-3H3. The molecule has 23 heavy (non-hydrogen) atoms. The predicted octanol–water partition coefficient (Wildman–Crippen LogP) is 2.96. The number of furan rings is 1. The van der Waals surface area contributed by atoms with E-state index in [1.165, 1.54) is 7.11 Å². The van der Waals surface area contributed by atoms with E-state index in [1.807, 2.05) is 25.1 Å². The molecule has 1 amide bonds. The van der Waals surface area contributed by atoms with Gasteiger partial charge in [-0.25, -0.2) is 4.79 Å². The van der Waals surface area contributed by atoms with Crippen molar-refractivity contribution in [1.29, 1.82) is 0 Å². The molecule has 2 aromatic rings. The predicted molar refractivity (Wildman–Crippen MR) is 84.3 cm³/mol. The number of esters is 1. The van der Waals surface area contributed by atoms with Gasteiger partial charge < -0.3 is 19.4 Å². The number of anilines is 1. The molecule has 1 aliphatic heterocycles. The third kappa shape index (κ3) is 2.46. The summed E-state index contributed by atoms with van der Waals surface area (Å²) in [6.45, 7) is 4.11. The molecule has 6 nitrogen and oxygen atoms in total. The zero-order valence-electron chi connectivity index (χ0n) is 13.3. The van der Waals surface area contributed by atoms with Gasteiger partial charge in [-0.1, -0.05) is 12.1 Å². The van der Waals surface area contributed by atoms with E-state index in [-0.39, 0.29) is 5.91 Å². The van der Waals surface area contributed by atoms with Crippen LogP contribution in [0.2, 0.25) is 0 Å². The number of para-hydroxylation sites is 1. The molecule has 1 aliphatic rings. The Hall–Kier alpha value is -2.76. The summed E-state index contributed by atoms with van der Waals surface area (Å²) in [6.07, 6.45) is -0.459. The molecule has 1 atom stereocenters. The molecular formula is C17H18N2O4. The molecule has 0 saturated heterocycles. The average molecular weight is 314 g/mol. The second-order valence-corrected chi connectivity index (χ2v) is 5.29. The van der Waals surface area contributed by atoms with Gasteiger partial charge in [0.15, 0.2) is 6.17 Å². The fourth-order valence-corrected chi connectivity index (χ4v) is 2.80. The van der Waals surface area contributed by atoms with Crippen LogP contribution in [0, 0.1) is 6.92 Å². The van der Waals surface area contributed by atoms with Gasteiger partial charge in [0.2, 0.25) is 0 Å². The second-order valence-electron chi connectivity index (χ2n) is 5.29. The van der Waals surface area contributed by atoms with E-state index in [9.17, 15) is 9.59 Å². The highest BCUT2D eigenvalue weighted by molar-refractivity contribution is 6.01. The molecule has 120 valence electrons. The van der Waals surface area contributed by atoms with Crippen LogP contribution in [0.1, 0.15) is 45.3 Å². The molecule has 2 heterocycles. The lowest BCUT2D eigenvalue weighted by Crippen LogP contribution is -2.42. The lowest BCUT2D eigenvalue weighted by atomic mass is 10.1. The fraction of sp³-hybridized carbons (Fsp3) is 0.294. The Kier molecular flexibility index (Phi) is 3.82. The Bertz CT molecular complexity index is 766. The van der Waals surface area contributed by atoms with Crippen LogP contribution in [0.5, 0.6) is 0 Å². The number of fused-ring (bicyclic) bond motifs is 1. The van der Waals surface area contributed by atoms with Gasteiger partial charge in [0.25, 0.3) is 5.91 Å². The summed E-state index contributed by atoms with van der Waals surface area (Å²) in [5.74, 6) is 0.451. The number of benzene rings is 1. The smallest absolute Gasteiger partial charge is 0.341 e. The largest absolute Gasteiger partial charge is 0.465 e. The normalized spacial score (nSPS) is 16.7. The van der Waals surface area contributed by atoms with Gasteiger partial charge in [0.1, 0.15) is 17.1 Å². The maximum Gasteiger partial charge on any atom is 0.341 e. The van der Waals surface area contributed by atoms with E-state index >= 15 is 0 Å². The molecule has 0 radical (unpaired) electrons. The Labute approximate surface area is 134 Å². The van der Waals surface area contributed by atoms with Gasteiger partial charge in [0.05, 0.1) is 12.7 Å². The molecule has 1 N–H and O–H groups in total. The molecule has 0 spiro atoms. The molecule has 0 saturated carbocycles. The minimum absolute atomic E-state index is 0.0690. The summed E-state index contributed by atoms with van der Waals surface area (Å²) in [4.78, 5) is 26.1. The van der Waals surface area contributed by atoms with E-state index < -0.39 is 12.1 Å². The number of carbonyl (C=O) groups is 2. The van der Waals surface area contributed by atoms with Crippen molar-refractivity contribution in [3.05, 3.63) is 53.0 Å². The summed E-state index contributed by atoms with van der Waals surface area (Å²) < 4.78 is 10.5. The van der Waals surface area contributed by atoms with Gasteiger partial charge in [-0.2, -0.15) is 0 Å². The first kappa shape index (κ1) is 15.1. The summed E-state index contributed by atoms with van der Waals surface area (Å²) in [5, 5.41) is 3.30. The number of carbonyl (C=O) groups excluding carboxylic acids is 2. The molecule has 3 rings (SSSR count). The minimum Gasteiger partial charge on any atom is -0.465 e. The van der Waals surface area contributed by atoms with E-state index in [0.29, 0.717) is 29.2 Å². The van der Waals surface area contributed by atoms with Gasteiger partial charge in [-0.15, -0.1) is 0 Å². The number of nitrogens with one attached hydrogen (secondary N) is 1. The third-order valence-electron chi connectivity index (χ3n) is 3.97. The number of methoxy groups -OCH3 is 1. The highest BCUT2D eigenvalue weighted by Crippen LogP contribution is 2.34. The van der Waals surface area contributed by atoms with Crippen molar-refractivity contribution >= 4 is 17.6 Å². The number of hydrogen-bond donors (Lipinski definition) is 1. The van der Waals surface area contributed by atoms with Crippen molar-refractivity contribution in [1.82, 2.24) is 4.90 Å². The SMILES string of the molecule is CCN1C(=O)c2ccccc2NC1c1cc(C(=O)OC)c(C)o1. The van der Waals surface area contributed by atoms with Crippen LogP contribution in [-0.4, -0.2) is 30.4 Å². The summed E-state index contributed by atoms with van der Waals surface area (Å²) in [6, 6.07) is 8.97. The molecule has 0 bridgehead atoms. The number of hydrogen-bond acceptors (Lipinski definition) is 5. The van der Waals surface area contributed by atoms with Crippen LogP contribution < -0.4 is 5.32 Å². The molecule has 1 unspecified atom stereocenters. The Morgan fingerprint density at radius 2 is 2.13 bits per heavy atom. The van der Waals surface area contributed by atoms with Gasteiger partial charge in [0, 0.05) is 12.2 Å². The van der Waals surface area contributed by atoms with Crippen LogP contribution in [-0.2, 0) is 4.74 Å². The number of ether oxygens (including phenoxy) is 1. The summed E-state index contributed by atoms with van der Waals surface area (Å²) in [5.41, 5.74) is 1.75. The number of nitrogens with zero attached hydrogens (tertiary/aromatic N) is 1. The van der Waals surface area contributed by atoms with E-state index in [0.717, 1.165) is 5.69 Å². The van der Waals surface area contributed by atoms with Crippen LogP contribution >= 0.6 is 0 Å². The minimum atomic E-state index is -0.459. The maximum atomic E-state index is 12.7. The quantitative estimate of drug-likeness (QED) is 0.882. The molecule has 0 fully saturated rings. The molecule has 1 aromatic carbocycles. The van der Waals surface area contributed by atoms with Crippen LogP contribution in [0.15, 0.2) is 34.7 Å². The van der Waals surface area contributed by atoms with Crippen LogP contribution in [0.3, 0.4) is 0 Å². The van der Waals surface area contributed by atoms with Gasteiger partial charge >= 0.3 is 5.97 Å². The van der Waals surface area contributed by atoms with Gasteiger partial charge in [-0.05, 0) is 32.0 Å². The van der Waals surface area contributed by atoms with Crippen LogP contribution in [0.25, 0.3) is 0 Å². The summed E-state index contributed by atoms with van der Waals surface area (Å²) in [7, 11) is 1.32. The molecule has 0 aliphatic carbocycles. The topological polar surface area (TPSA) is 71.8 Å². The number of aryl methyl sites for hydroxylation is 1. The van der Waals surface area contributed by atoms with Crippen molar-refractivity contribution in [2.24, 2.45) is 0 Å². The zero-order chi connectivity index (χ0) is 16.6. The third-order valence-corrected chi connectivity index (χ3v) is 3.97. The van der Waals surface area contributed by atoms with Crippen molar-refractivity contribution in [2.75, 3.05) is 19.0 Å². The number of rotatable bonds is 3. The molecule has 1 aromatic heterocycles. The number of amides is 1. The zero-order valence-corrected chi connectivity index (χ0v) is 13.3. The second kappa shape index (κ2) is 5.79.